The van der Waals surface area contributed by atoms with Crippen LogP contribution in [0.4, 0.5) is 4.79 Å². The molecule has 1 rings (SSSR count). The fourth-order valence-corrected chi connectivity index (χ4v) is 1.14. The van der Waals surface area contributed by atoms with Crippen molar-refractivity contribution in [3.05, 3.63) is 42.4 Å². The molecule has 0 saturated carbocycles. The van der Waals surface area contributed by atoms with E-state index in [0.717, 1.165) is 12.0 Å². The van der Waals surface area contributed by atoms with Gasteiger partial charge in [-0.1, -0.05) is 44.2 Å². The quantitative estimate of drug-likeness (QED) is 0.828. The lowest BCUT2D eigenvalue weighted by molar-refractivity contribution is 0.141. The summed E-state index contributed by atoms with van der Waals surface area (Å²) in [6.07, 6.45) is 0.449. The van der Waals surface area contributed by atoms with E-state index in [1.165, 1.54) is 0 Å². The van der Waals surface area contributed by atoms with Crippen LogP contribution in [-0.4, -0.2) is 6.09 Å². The molecular weight excluding hydrogens is 202 g/mol. The molecule has 3 heteroatoms. The second-order valence-corrected chi connectivity index (χ2v) is 4.04. The average Bonchev–Trinajstić information content (AvgIpc) is 2.27. The summed E-state index contributed by atoms with van der Waals surface area (Å²) in [5, 5.41) is 2.60. The Bertz CT molecular complexity index is 309. The van der Waals surface area contributed by atoms with E-state index in [1.807, 2.05) is 30.3 Å². The normalized spacial score (nSPS) is 10.2. The van der Waals surface area contributed by atoms with Crippen LogP contribution in [0.3, 0.4) is 0 Å². The first-order valence-corrected chi connectivity index (χ1v) is 5.47. The van der Waals surface area contributed by atoms with Crippen LogP contribution < -0.4 is 5.32 Å². The Balaban J connectivity index is 2.16. The van der Waals surface area contributed by atoms with E-state index < -0.39 is 6.09 Å². The van der Waals surface area contributed by atoms with E-state index >= 15 is 0 Å². The van der Waals surface area contributed by atoms with Crippen LogP contribution >= 0.6 is 0 Å². The number of rotatable bonds is 5. The maximum Gasteiger partial charge on any atom is 0.407 e. The zero-order valence-corrected chi connectivity index (χ0v) is 9.77. The Morgan fingerprint density at radius 1 is 1.38 bits per heavy atom. The standard InChI is InChI=1S/C13H18NO2/c1-11(2)8-9-14-13(15)16-10-12-6-4-3-5-7-12/h3-7,9,11H,8,10H2,1-2H3,(H,14,15). The number of hydrogen-bond acceptors (Lipinski definition) is 2. The topological polar surface area (TPSA) is 38.3 Å². The number of amides is 1. The van der Waals surface area contributed by atoms with Crippen molar-refractivity contribution in [1.29, 1.82) is 0 Å². The fraction of sp³-hybridized carbons (Fsp3) is 0.385. The molecule has 0 unspecified atom stereocenters. The summed E-state index contributed by atoms with van der Waals surface area (Å²) >= 11 is 0. The van der Waals surface area contributed by atoms with E-state index in [9.17, 15) is 4.79 Å². The lowest BCUT2D eigenvalue weighted by atomic mass is 10.1. The first-order chi connectivity index (χ1) is 7.68. The smallest absolute Gasteiger partial charge is 0.407 e. The van der Waals surface area contributed by atoms with Crippen molar-refractivity contribution in [3.8, 4) is 0 Å². The van der Waals surface area contributed by atoms with Crippen molar-refractivity contribution in [2.75, 3.05) is 0 Å². The van der Waals surface area contributed by atoms with Crippen LogP contribution in [0.25, 0.3) is 0 Å². The Hall–Kier alpha value is -1.51. The maximum absolute atomic E-state index is 11.2. The van der Waals surface area contributed by atoms with Crippen LogP contribution in [0.5, 0.6) is 0 Å². The van der Waals surface area contributed by atoms with Crippen LogP contribution in [0.15, 0.2) is 30.3 Å². The molecule has 3 nitrogen and oxygen atoms in total. The van der Waals surface area contributed by atoms with E-state index in [-0.39, 0.29) is 0 Å². The van der Waals surface area contributed by atoms with E-state index in [4.69, 9.17) is 4.74 Å². The van der Waals surface area contributed by atoms with Gasteiger partial charge in [0, 0.05) is 0 Å². The summed E-state index contributed by atoms with van der Waals surface area (Å²) in [5.74, 6) is 0.537. The van der Waals surface area contributed by atoms with Gasteiger partial charge in [0.15, 0.2) is 0 Å². The molecule has 0 aliphatic heterocycles. The molecule has 1 aromatic rings. The van der Waals surface area contributed by atoms with Crippen LogP contribution in [0.2, 0.25) is 0 Å². The van der Waals surface area contributed by atoms with Gasteiger partial charge in [0.05, 0.1) is 6.54 Å². The number of hydrogen-bond donors (Lipinski definition) is 1. The largest absolute Gasteiger partial charge is 0.445 e. The van der Waals surface area contributed by atoms with E-state index in [0.29, 0.717) is 12.5 Å². The third-order valence-electron chi connectivity index (χ3n) is 2.02. The molecular formula is C13H18NO2. The molecule has 0 saturated heterocycles. The highest BCUT2D eigenvalue weighted by atomic mass is 16.5. The molecule has 0 aromatic heterocycles. The summed E-state index contributed by atoms with van der Waals surface area (Å²) in [6.45, 7) is 6.22. The highest BCUT2D eigenvalue weighted by Gasteiger charge is 2.02. The molecule has 0 atom stereocenters. The second-order valence-electron chi connectivity index (χ2n) is 4.04. The van der Waals surface area contributed by atoms with Gasteiger partial charge in [0.2, 0.25) is 0 Å². The Morgan fingerprint density at radius 2 is 2.06 bits per heavy atom. The molecule has 0 bridgehead atoms. The summed E-state index contributed by atoms with van der Waals surface area (Å²) in [4.78, 5) is 11.2. The maximum atomic E-state index is 11.2. The van der Waals surface area contributed by atoms with Crippen LogP contribution in [-0.2, 0) is 11.3 Å². The molecule has 0 aliphatic rings. The molecule has 87 valence electrons. The summed E-state index contributed by atoms with van der Waals surface area (Å²) in [6, 6.07) is 9.61. The van der Waals surface area contributed by atoms with E-state index in [2.05, 4.69) is 19.2 Å². The number of carbonyl (C=O) groups is 1. The predicted molar refractivity (Wildman–Crippen MR) is 63.5 cm³/mol. The minimum atomic E-state index is -0.399. The van der Waals surface area contributed by atoms with Gasteiger partial charge in [-0.05, 0) is 17.9 Å². The van der Waals surface area contributed by atoms with Crippen molar-refractivity contribution in [2.24, 2.45) is 5.92 Å². The minimum absolute atomic E-state index is 0.308. The van der Waals surface area contributed by atoms with Crippen LogP contribution in [0.1, 0.15) is 25.8 Å². The van der Waals surface area contributed by atoms with Gasteiger partial charge < -0.3 is 10.1 Å². The van der Waals surface area contributed by atoms with Gasteiger partial charge in [-0.3, -0.25) is 0 Å². The van der Waals surface area contributed by atoms with Gasteiger partial charge in [-0.2, -0.15) is 0 Å². The molecule has 1 radical (unpaired) electrons. The molecule has 16 heavy (non-hydrogen) atoms. The van der Waals surface area contributed by atoms with Gasteiger partial charge >= 0.3 is 6.09 Å². The van der Waals surface area contributed by atoms with Gasteiger partial charge in [-0.25, -0.2) is 4.79 Å². The lowest BCUT2D eigenvalue weighted by Crippen LogP contribution is -2.22. The minimum Gasteiger partial charge on any atom is -0.445 e. The Labute approximate surface area is 96.8 Å². The third kappa shape index (κ3) is 5.39. The Kier molecular flexibility index (Phi) is 5.40. The van der Waals surface area contributed by atoms with Gasteiger partial charge in [0.1, 0.15) is 6.61 Å². The number of carbonyl (C=O) groups excluding carboxylic acids is 1. The molecule has 1 aromatic carbocycles. The molecule has 0 spiro atoms. The van der Waals surface area contributed by atoms with Crippen molar-refractivity contribution < 1.29 is 9.53 Å². The summed E-state index contributed by atoms with van der Waals surface area (Å²) < 4.78 is 5.03. The van der Waals surface area contributed by atoms with Gasteiger partial charge in [-0.15, -0.1) is 0 Å². The van der Waals surface area contributed by atoms with Crippen molar-refractivity contribution in [3.63, 3.8) is 0 Å². The third-order valence-corrected chi connectivity index (χ3v) is 2.02. The van der Waals surface area contributed by atoms with Crippen molar-refractivity contribution >= 4 is 6.09 Å². The Morgan fingerprint density at radius 3 is 2.69 bits per heavy atom. The molecule has 0 fully saturated rings. The fourth-order valence-electron chi connectivity index (χ4n) is 1.14. The monoisotopic (exact) mass is 220 g/mol. The molecule has 0 heterocycles. The van der Waals surface area contributed by atoms with Crippen molar-refractivity contribution in [1.82, 2.24) is 5.32 Å². The zero-order chi connectivity index (χ0) is 11.8. The van der Waals surface area contributed by atoms with Crippen LogP contribution in [0, 0.1) is 12.5 Å². The van der Waals surface area contributed by atoms with E-state index in [1.54, 1.807) is 6.54 Å². The highest BCUT2D eigenvalue weighted by molar-refractivity contribution is 5.67. The second kappa shape index (κ2) is 6.88. The highest BCUT2D eigenvalue weighted by Crippen LogP contribution is 2.02. The number of alkyl carbamates (subject to hydrolysis) is 1. The number of ether oxygens (including phenoxy) is 1. The average molecular weight is 220 g/mol. The summed E-state index contributed by atoms with van der Waals surface area (Å²) in [5.41, 5.74) is 0.988. The van der Waals surface area contributed by atoms with Gasteiger partial charge in [0.25, 0.3) is 0 Å². The van der Waals surface area contributed by atoms with Crippen molar-refractivity contribution in [2.45, 2.75) is 26.9 Å². The SMILES string of the molecule is CC(C)C[CH]NC(=O)OCc1ccccc1. The summed E-state index contributed by atoms with van der Waals surface area (Å²) in [7, 11) is 0. The zero-order valence-electron chi connectivity index (χ0n) is 9.77. The lowest BCUT2D eigenvalue weighted by Gasteiger charge is -2.07. The first kappa shape index (κ1) is 12.6. The number of nitrogens with one attached hydrogen (secondary N) is 1. The molecule has 1 amide bonds. The predicted octanol–water partition coefficient (Wildman–Crippen LogP) is 3.12. The molecule has 0 aliphatic carbocycles. The molecule has 1 N–H and O–H groups in total. The number of benzene rings is 1. The first-order valence-electron chi connectivity index (χ1n) is 5.47.